The number of aryl methyl sites for hydroxylation is 1. The maximum Gasteiger partial charge on any atom is 0.284 e. The van der Waals surface area contributed by atoms with Crippen LogP contribution in [0.5, 0.6) is 0 Å². The van der Waals surface area contributed by atoms with E-state index in [4.69, 9.17) is 0 Å². The molecule has 2 N–H and O–H groups in total. The molecule has 1 heterocycles. The molecule has 0 bridgehead atoms. The molecule has 0 aliphatic carbocycles. The number of fused-ring (bicyclic) bond motifs is 1. The number of benzene rings is 2. The molecule has 1 aliphatic heterocycles. The number of hydrogen-bond donors (Lipinski definition) is 2. The monoisotopic (exact) mass is 366 g/mol. The highest BCUT2D eigenvalue weighted by Crippen LogP contribution is 2.27. The summed E-state index contributed by atoms with van der Waals surface area (Å²) in [5.74, 6) is -0.00548. The van der Waals surface area contributed by atoms with Gasteiger partial charge in [0.25, 0.3) is 11.8 Å². The third kappa shape index (κ3) is 4.19. The number of hydrogen-bond acceptors (Lipinski definition) is 2. The van der Waals surface area contributed by atoms with Gasteiger partial charge in [0.05, 0.1) is 7.05 Å². The average molecular weight is 366 g/mol. The highest BCUT2D eigenvalue weighted by Gasteiger charge is 2.32. The zero-order chi connectivity index (χ0) is 19.4. The number of nitrogens with zero attached hydrogens (tertiary/aromatic N) is 1. The van der Waals surface area contributed by atoms with E-state index in [2.05, 4.69) is 18.3 Å². The quantitative estimate of drug-likeness (QED) is 0.817. The molecule has 27 heavy (non-hydrogen) atoms. The summed E-state index contributed by atoms with van der Waals surface area (Å²) in [6.45, 7) is 4.93. The van der Waals surface area contributed by atoms with Crippen molar-refractivity contribution in [3.8, 4) is 0 Å². The summed E-state index contributed by atoms with van der Waals surface area (Å²) in [7, 11) is 1.90. The summed E-state index contributed by atoms with van der Waals surface area (Å²) in [6.07, 6.45) is 1.75. The van der Waals surface area contributed by atoms with Crippen molar-refractivity contribution in [1.82, 2.24) is 0 Å². The minimum absolute atomic E-state index is 0.0687. The predicted molar refractivity (Wildman–Crippen MR) is 108 cm³/mol. The second-order valence-corrected chi connectivity index (χ2v) is 7.17. The van der Waals surface area contributed by atoms with Crippen LogP contribution in [0.1, 0.15) is 25.0 Å². The van der Waals surface area contributed by atoms with E-state index in [1.807, 2.05) is 61.3 Å². The Kier molecular flexibility index (Phi) is 5.91. The highest BCUT2D eigenvalue weighted by molar-refractivity contribution is 5.98. The molecule has 0 saturated heterocycles. The van der Waals surface area contributed by atoms with Gasteiger partial charge in [0.2, 0.25) is 0 Å². The molecular formula is C22H28N3O2+. The van der Waals surface area contributed by atoms with E-state index >= 15 is 0 Å². The number of quaternary nitrogens is 1. The molecule has 0 fully saturated rings. The smallest absolute Gasteiger partial charge is 0.284 e. The molecule has 5 nitrogen and oxygen atoms in total. The molecule has 142 valence electrons. The molecule has 2 amide bonds. The largest absolute Gasteiger partial charge is 0.321 e. The van der Waals surface area contributed by atoms with E-state index in [9.17, 15) is 9.59 Å². The Morgan fingerprint density at radius 3 is 2.63 bits per heavy atom. The second-order valence-electron chi connectivity index (χ2n) is 7.17. The zero-order valence-corrected chi connectivity index (χ0v) is 16.3. The fraction of sp³-hybridized carbons (Fsp3) is 0.364. The number of rotatable bonds is 6. The Balaban J connectivity index is 1.61. The second kappa shape index (κ2) is 8.35. The van der Waals surface area contributed by atoms with Crippen molar-refractivity contribution in [1.29, 1.82) is 0 Å². The van der Waals surface area contributed by atoms with Crippen molar-refractivity contribution in [2.75, 3.05) is 30.4 Å². The van der Waals surface area contributed by atoms with Gasteiger partial charge in [-0.1, -0.05) is 43.3 Å². The lowest BCUT2D eigenvalue weighted by atomic mass is 10.1. The number of para-hydroxylation sites is 2. The number of anilines is 2. The molecule has 3 rings (SSSR count). The van der Waals surface area contributed by atoms with Gasteiger partial charge in [0, 0.05) is 17.9 Å². The summed E-state index contributed by atoms with van der Waals surface area (Å²) in [6, 6.07) is 15.6. The highest BCUT2D eigenvalue weighted by atomic mass is 16.2. The molecule has 2 aromatic rings. The standard InChI is InChI=1S/C22H27N3O2/c1-4-17-9-5-7-11-19(17)23-21(26)15-24(3)16(2)22(27)25-14-13-18-10-6-8-12-20(18)25/h5-12,16H,4,13-15H2,1-3H3,(H,23,26)/p+1/t16-/m0/s1. The van der Waals surface area contributed by atoms with E-state index in [0.29, 0.717) is 6.54 Å². The first-order valence-corrected chi connectivity index (χ1v) is 9.60. The lowest BCUT2D eigenvalue weighted by Crippen LogP contribution is -3.15. The van der Waals surface area contributed by atoms with Crippen LogP contribution in [0.3, 0.4) is 0 Å². The summed E-state index contributed by atoms with van der Waals surface area (Å²) in [5.41, 5.74) is 4.18. The molecular weight excluding hydrogens is 338 g/mol. The van der Waals surface area contributed by atoms with Crippen molar-refractivity contribution in [3.05, 3.63) is 59.7 Å². The van der Waals surface area contributed by atoms with Gasteiger partial charge in [0.1, 0.15) is 0 Å². The lowest BCUT2D eigenvalue weighted by Gasteiger charge is -2.25. The predicted octanol–water partition coefficient (Wildman–Crippen LogP) is 1.68. The Morgan fingerprint density at radius 2 is 1.85 bits per heavy atom. The van der Waals surface area contributed by atoms with Crippen LogP contribution in [0.15, 0.2) is 48.5 Å². The normalized spacial score (nSPS) is 15.1. The Bertz CT molecular complexity index is 834. The SMILES string of the molecule is CCc1ccccc1NC(=O)C[NH+](C)[C@@H](C)C(=O)N1CCc2ccccc21. The van der Waals surface area contributed by atoms with Crippen molar-refractivity contribution in [2.45, 2.75) is 32.7 Å². The molecule has 2 aromatic carbocycles. The molecule has 0 saturated carbocycles. The molecule has 1 unspecified atom stereocenters. The molecule has 0 spiro atoms. The topological polar surface area (TPSA) is 53.9 Å². The molecule has 0 aromatic heterocycles. The van der Waals surface area contributed by atoms with Crippen LogP contribution in [-0.2, 0) is 22.4 Å². The van der Waals surface area contributed by atoms with E-state index in [-0.39, 0.29) is 24.4 Å². The van der Waals surface area contributed by atoms with Gasteiger partial charge >= 0.3 is 0 Å². The maximum absolute atomic E-state index is 13.0. The molecule has 2 atom stereocenters. The van der Waals surface area contributed by atoms with Gasteiger partial charge in [-0.15, -0.1) is 0 Å². The van der Waals surface area contributed by atoms with Crippen LogP contribution < -0.4 is 15.1 Å². The van der Waals surface area contributed by atoms with Crippen molar-refractivity contribution < 1.29 is 14.5 Å². The number of nitrogens with one attached hydrogen (secondary N) is 2. The number of amides is 2. The number of likely N-dealkylation sites (N-methyl/N-ethyl adjacent to an activating group) is 1. The third-order valence-electron chi connectivity index (χ3n) is 5.37. The Labute approximate surface area is 161 Å². The van der Waals surface area contributed by atoms with Crippen molar-refractivity contribution in [3.63, 3.8) is 0 Å². The van der Waals surface area contributed by atoms with Gasteiger partial charge < -0.3 is 15.1 Å². The van der Waals surface area contributed by atoms with Gasteiger partial charge in [-0.3, -0.25) is 9.59 Å². The molecule has 1 aliphatic rings. The Hall–Kier alpha value is -2.66. The molecule has 5 heteroatoms. The van der Waals surface area contributed by atoms with Crippen LogP contribution in [0.2, 0.25) is 0 Å². The molecule has 0 radical (unpaired) electrons. The first kappa shape index (κ1) is 19.1. The Morgan fingerprint density at radius 1 is 1.15 bits per heavy atom. The van der Waals surface area contributed by atoms with Crippen molar-refractivity contribution in [2.24, 2.45) is 0 Å². The van der Waals surface area contributed by atoms with Gasteiger partial charge in [-0.05, 0) is 43.0 Å². The fourth-order valence-corrected chi connectivity index (χ4v) is 3.56. The maximum atomic E-state index is 13.0. The van der Waals surface area contributed by atoms with E-state index in [1.54, 1.807) is 0 Å². The van der Waals surface area contributed by atoms with Gasteiger partial charge in [-0.25, -0.2) is 0 Å². The fourth-order valence-electron chi connectivity index (χ4n) is 3.56. The van der Waals surface area contributed by atoms with Crippen LogP contribution in [0, 0.1) is 0 Å². The number of carbonyl (C=O) groups is 2. The first-order chi connectivity index (χ1) is 13.0. The minimum atomic E-state index is -0.289. The van der Waals surface area contributed by atoms with Crippen LogP contribution in [0.25, 0.3) is 0 Å². The summed E-state index contributed by atoms with van der Waals surface area (Å²) >= 11 is 0. The number of carbonyl (C=O) groups excluding carboxylic acids is 2. The van der Waals surface area contributed by atoms with E-state index in [0.717, 1.165) is 34.7 Å². The zero-order valence-electron chi connectivity index (χ0n) is 16.3. The van der Waals surface area contributed by atoms with Crippen molar-refractivity contribution >= 4 is 23.2 Å². The van der Waals surface area contributed by atoms with E-state index in [1.165, 1.54) is 5.56 Å². The third-order valence-corrected chi connectivity index (χ3v) is 5.37. The summed E-state index contributed by atoms with van der Waals surface area (Å²) in [4.78, 5) is 28.2. The van der Waals surface area contributed by atoms with Gasteiger partial charge in [0.15, 0.2) is 12.6 Å². The van der Waals surface area contributed by atoms with Crippen LogP contribution in [-0.4, -0.2) is 38.0 Å². The first-order valence-electron chi connectivity index (χ1n) is 9.60. The van der Waals surface area contributed by atoms with Gasteiger partial charge in [-0.2, -0.15) is 0 Å². The van der Waals surface area contributed by atoms with E-state index < -0.39 is 0 Å². The summed E-state index contributed by atoms with van der Waals surface area (Å²) < 4.78 is 0. The average Bonchev–Trinajstić information content (AvgIpc) is 3.11. The van der Waals surface area contributed by atoms with Crippen LogP contribution >= 0.6 is 0 Å². The lowest BCUT2D eigenvalue weighted by molar-refractivity contribution is -0.885. The minimum Gasteiger partial charge on any atom is -0.321 e. The van der Waals surface area contributed by atoms with Crippen LogP contribution in [0.4, 0.5) is 11.4 Å². The summed E-state index contributed by atoms with van der Waals surface area (Å²) in [5, 5.41) is 2.99.